The predicted molar refractivity (Wildman–Crippen MR) is 82.8 cm³/mol. The fourth-order valence-corrected chi connectivity index (χ4v) is 2.88. The zero-order valence-corrected chi connectivity index (χ0v) is 13.0. The molecule has 2 heterocycles. The summed E-state index contributed by atoms with van der Waals surface area (Å²) in [4.78, 5) is 0. The molecule has 102 valence electrons. The largest absolute Gasteiger partial charge is 0.222 e. The summed E-state index contributed by atoms with van der Waals surface area (Å²) in [7, 11) is 0. The number of aryl methyl sites for hydroxylation is 2. The molecule has 0 amide bonds. The molecule has 0 N–H and O–H groups in total. The van der Waals surface area contributed by atoms with Gasteiger partial charge in [-0.1, -0.05) is 34.1 Å². The summed E-state index contributed by atoms with van der Waals surface area (Å²) in [5, 5.41) is 9.94. The van der Waals surface area contributed by atoms with Crippen LogP contribution in [0.5, 0.6) is 0 Å². The lowest BCUT2D eigenvalue weighted by atomic mass is 10.2. The van der Waals surface area contributed by atoms with Crippen molar-refractivity contribution >= 4 is 15.9 Å². The van der Waals surface area contributed by atoms with Crippen LogP contribution in [0.4, 0.5) is 0 Å². The number of benzene rings is 1. The van der Waals surface area contributed by atoms with Crippen molar-refractivity contribution in [1.29, 1.82) is 0 Å². The van der Waals surface area contributed by atoms with Gasteiger partial charge in [0, 0.05) is 17.1 Å². The molecule has 0 atom stereocenters. The second-order valence-electron chi connectivity index (χ2n) is 4.67. The highest BCUT2D eigenvalue weighted by molar-refractivity contribution is 9.08. The van der Waals surface area contributed by atoms with Crippen molar-refractivity contribution in [3.05, 3.63) is 59.5 Å². The Kier molecular flexibility index (Phi) is 3.44. The van der Waals surface area contributed by atoms with Crippen LogP contribution in [0.1, 0.15) is 17.0 Å². The Morgan fingerprint density at radius 3 is 2.40 bits per heavy atom. The molecule has 0 spiro atoms. The number of halogens is 1. The summed E-state index contributed by atoms with van der Waals surface area (Å²) >= 11 is 3.55. The number of para-hydroxylation sites is 1. The lowest BCUT2D eigenvalue weighted by molar-refractivity contribution is 0.753. The average Bonchev–Trinajstić information content (AvgIpc) is 3.03. The van der Waals surface area contributed by atoms with Crippen molar-refractivity contribution in [2.75, 3.05) is 0 Å². The average molecular weight is 331 g/mol. The van der Waals surface area contributed by atoms with E-state index < -0.39 is 0 Å². The molecule has 0 fully saturated rings. The third-order valence-electron chi connectivity index (χ3n) is 3.23. The third-order valence-corrected chi connectivity index (χ3v) is 3.79. The van der Waals surface area contributed by atoms with Crippen molar-refractivity contribution in [2.24, 2.45) is 0 Å². The fourth-order valence-electron chi connectivity index (χ4n) is 2.22. The Morgan fingerprint density at radius 1 is 1.05 bits per heavy atom. The molecule has 0 unspecified atom stereocenters. The molecule has 20 heavy (non-hydrogen) atoms. The first-order valence-electron chi connectivity index (χ1n) is 6.43. The van der Waals surface area contributed by atoms with E-state index in [1.165, 1.54) is 0 Å². The van der Waals surface area contributed by atoms with E-state index in [0.717, 1.165) is 33.8 Å². The number of rotatable bonds is 3. The molecule has 0 radical (unpaired) electrons. The van der Waals surface area contributed by atoms with Crippen molar-refractivity contribution in [2.45, 2.75) is 19.2 Å². The molecule has 5 heteroatoms. The maximum Gasteiger partial charge on any atom is 0.161 e. The summed E-state index contributed by atoms with van der Waals surface area (Å²) in [6.45, 7) is 4.01. The zero-order chi connectivity index (χ0) is 14.1. The van der Waals surface area contributed by atoms with Gasteiger partial charge in [-0.3, -0.25) is 0 Å². The van der Waals surface area contributed by atoms with Gasteiger partial charge >= 0.3 is 0 Å². The molecule has 3 aromatic rings. The van der Waals surface area contributed by atoms with Crippen LogP contribution in [0.2, 0.25) is 0 Å². The molecule has 0 aliphatic carbocycles. The van der Waals surface area contributed by atoms with E-state index in [0.29, 0.717) is 0 Å². The highest BCUT2D eigenvalue weighted by Gasteiger charge is 2.17. The quantitative estimate of drug-likeness (QED) is 0.688. The Hall–Kier alpha value is -1.88. The summed E-state index contributed by atoms with van der Waals surface area (Å²) in [6, 6.07) is 12.1. The third kappa shape index (κ3) is 2.18. The maximum absolute atomic E-state index is 4.66. The smallest absolute Gasteiger partial charge is 0.161 e. The van der Waals surface area contributed by atoms with Gasteiger partial charge in [0.25, 0.3) is 0 Å². The topological polar surface area (TPSA) is 35.6 Å². The second-order valence-corrected chi connectivity index (χ2v) is 5.23. The summed E-state index contributed by atoms with van der Waals surface area (Å²) in [5.74, 6) is 0.985. The Bertz CT molecular complexity index is 728. The molecule has 0 aliphatic heterocycles. The van der Waals surface area contributed by atoms with Crippen LogP contribution in [0.25, 0.3) is 11.5 Å². The van der Waals surface area contributed by atoms with Gasteiger partial charge in [0.05, 0.1) is 17.1 Å². The minimum atomic E-state index is 0.750. The standard InChI is InChI=1S/C15H15BrN4/c1-11-8-9-19(17-11)15-14(10-16)12(2)18-20(15)13-6-4-3-5-7-13/h3-9H,10H2,1-2H3. The van der Waals surface area contributed by atoms with Gasteiger partial charge in [-0.05, 0) is 32.0 Å². The molecule has 4 nitrogen and oxygen atoms in total. The van der Waals surface area contributed by atoms with E-state index in [9.17, 15) is 0 Å². The van der Waals surface area contributed by atoms with Crippen molar-refractivity contribution in [3.63, 3.8) is 0 Å². The first-order valence-corrected chi connectivity index (χ1v) is 7.55. The van der Waals surface area contributed by atoms with E-state index >= 15 is 0 Å². The van der Waals surface area contributed by atoms with Crippen LogP contribution in [0, 0.1) is 13.8 Å². The summed E-state index contributed by atoms with van der Waals surface area (Å²) < 4.78 is 3.83. The molecule has 0 saturated heterocycles. The molecule has 0 aliphatic rings. The molecule has 2 aromatic heterocycles. The molecular formula is C15H15BrN4. The maximum atomic E-state index is 4.66. The number of alkyl halides is 1. The monoisotopic (exact) mass is 330 g/mol. The van der Waals surface area contributed by atoms with Crippen LogP contribution in [-0.4, -0.2) is 19.6 Å². The van der Waals surface area contributed by atoms with E-state index in [1.807, 2.05) is 65.8 Å². The number of aromatic nitrogens is 4. The van der Waals surface area contributed by atoms with Crippen LogP contribution in [0.3, 0.4) is 0 Å². The molecule has 0 bridgehead atoms. The summed E-state index contributed by atoms with van der Waals surface area (Å²) in [5.41, 5.74) is 4.18. The summed E-state index contributed by atoms with van der Waals surface area (Å²) in [6.07, 6.45) is 1.97. The van der Waals surface area contributed by atoms with Crippen molar-refractivity contribution < 1.29 is 0 Å². The first-order chi connectivity index (χ1) is 9.70. The van der Waals surface area contributed by atoms with Crippen LogP contribution in [-0.2, 0) is 5.33 Å². The van der Waals surface area contributed by atoms with Crippen LogP contribution in [0.15, 0.2) is 42.6 Å². The van der Waals surface area contributed by atoms with Gasteiger partial charge in [-0.15, -0.1) is 0 Å². The second kappa shape index (κ2) is 5.25. The highest BCUT2D eigenvalue weighted by atomic mass is 79.9. The number of nitrogens with zero attached hydrogens (tertiary/aromatic N) is 4. The van der Waals surface area contributed by atoms with Crippen LogP contribution >= 0.6 is 15.9 Å². The van der Waals surface area contributed by atoms with Gasteiger partial charge < -0.3 is 0 Å². The first kappa shape index (κ1) is 13.1. The van der Waals surface area contributed by atoms with E-state index in [4.69, 9.17) is 0 Å². The SMILES string of the molecule is Cc1ccn(-c2c(CBr)c(C)nn2-c2ccccc2)n1. The normalized spacial score (nSPS) is 10.9. The lowest BCUT2D eigenvalue weighted by Crippen LogP contribution is -2.07. The Morgan fingerprint density at radius 2 is 1.80 bits per heavy atom. The predicted octanol–water partition coefficient (Wildman–Crippen LogP) is 3.57. The number of hydrogen-bond donors (Lipinski definition) is 0. The minimum absolute atomic E-state index is 0.750. The van der Waals surface area contributed by atoms with Gasteiger partial charge in [0.1, 0.15) is 0 Å². The molecular weight excluding hydrogens is 316 g/mol. The van der Waals surface area contributed by atoms with E-state index in [1.54, 1.807) is 0 Å². The molecule has 3 rings (SSSR count). The van der Waals surface area contributed by atoms with Gasteiger partial charge in [-0.25, -0.2) is 9.36 Å². The van der Waals surface area contributed by atoms with E-state index in [-0.39, 0.29) is 0 Å². The van der Waals surface area contributed by atoms with Crippen LogP contribution < -0.4 is 0 Å². The minimum Gasteiger partial charge on any atom is -0.222 e. The van der Waals surface area contributed by atoms with E-state index in [2.05, 4.69) is 26.1 Å². The lowest BCUT2D eigenvalue weighted by Gasteiger charge is -2.08. The van der Waals surface area contributed by atoms with Crippen molar-refractivity contribution in [3.8, 4) is 11.5 Å². The zero-order valence-electron chi connectivity index (χ0n) is 11.4. The van der Waals surface area contributed by atoms with Gasteiger partial charge in [0.2, 0.25) is 0 Å². The Balaban J connectivity index is 2.25. The van der Waals surface area contributed by atoms with Gasteiger partial charge in [-0.2, -0.15) is 10.2 Å². The molecule has 1 aromatic carbocycles. The number of hydrogen-bond acceptors (Lipinski definition) is 2. The van der Waals surface area contributed by atoms with Gasteiger partial charge in [0.15, 0.2) is 5.82 Å². The fraction of sp³-hybridized carbons (Fsp3) is 0.200. The Labute approximate surface area is 126 Å². The van der Waals surface area contributed by atoms with Crippen molar-refractivity contribution in [1.82, 2.24) is 19.6 Å². The molecule has 0 saturated carbocycles. The highest BCUT2D eigenvalue weighted by Crippen LogP contribution is 2.24.